The molecular weight excluding hydrogens is 328 g/mol. The molecule has 1 heterocycles. The Bertz CT molecular complexity index is 741. The van der Waals surface area contributed by atoms with Gasteiger partial charge in [-0.05, 0) is 30.5 Å². The van der Waals surface area contributed by atoms with E-state index in [2.05, 4.69) is 15.7 Å². The molecule has 2 amide bonds. The Morgan fingerprint density at radius 3 is 2.42 bits per heavy atom. The monoisotopic (exact) mass is 346 g/mol. The second-order valence-corrected chi connectivity index (χ2v) is 6.45. The van der Waals surface area contributed by atoms with Gasteiger partial charge in [0.25, 0.3) is 5.91 Å². The molecule has 2 unspecified atom stereocenters. The molecule has 24 heavy (non-hydrogen) atoms. The Morgan fingerprint density at radius 2 is 1.88 bits per heavy atom. The second kappa shape index (κ2) is 7.05. The van der Waals surface area contributed by atoms with E-state index in [1.165, 1.54) is 6.92 Å². The molecule has 0 bridgehead atoms. The molecule has 3 rings (SSSR count). The molecule has 0 saturated heterocycles. The molecule has 7 heteroatoms. The Hall–Kier alpha value is -2.34. The van der Waals surface area contributed by atoms with Crippen molar-refractivity contribution in [1.29, 1.82) is 0 Å². The zero-order chi connectivity index (χ0) is 17.1. The molecule has 6 nitrogen and oxygen atoms in total. The molecule has 1 aromatic heterocycles. The van der Waals surface area contributed by atoms with E-state index in [1.807, 2.05) is 12.1 Å². The molecule has 2 aromatic rings. The van der Waals surface area contributed by atoms with Gasteiger partial charge in [-0.3, -0.25) is 14.3 Å². The van der Waals surface area contributed by atoms with Crippen LogP contribution in [0.5, 0.6) is 0 Å². The normalized spacial score (nSPS) is 19.4. The quantitative estimate of drug-likeness (QED) is 0.869. The Labute approximate surface area is 145 Å². The maximum atomic E-state index is 12.3. The smallest absolute Gasteiger partial charge is 0.251 e. The number of benzene rings is 1. The van der Waals surface area contributed by atoms with Crippen LogP contribution >= 0.6 is 11.6 Å². The summed E-state index contributed by atoms with van der Waals surface area (Å²) in [4.78, 5) is 23.4. The summed E-state index contributed by atoms with van der Waals surface area (Å²) in [6, 6.07) is 7.43. The van der Waals surface area contributed by atoms with Gasteiger partial charge in [-0.2, -0.15) is 5.10 Å². The fraction of sp³-hybridized carbons (Fsp3) is 0.353. The molecule has 1 fully saturated rings. The van der Waals surface area contributed by atoms with Gasteiger partial charge in [-0.15, -0.1) is 0 Å². The average Bonchev–Trinajstić information content (AvgIpc) is 2.94. The summed E-state index contributed by atoms with van der Waals surface area (Å²) >= 11 is 5.84. The molecule has 1 aliphatic carbocycles. The first-order valence-corrected chi connectivity index (χ1v) is 8.24. The predicted octanol–water partition coefficient (Wildman–Crippen LogP) is 1.98. The van der Waals surface area contributed by atoms with Gasteiger partial charge in [0.1, 0.15) is 0 Å². The van der Waals surface area contributed by atoms with Crippen molar-refractivity contribution in [2.45, 2.75) is 38.4 Å². The molecule has 1 saturated carbocycles. The third kappa shape index (κ3) is 3.94. The van der Waals surface area contributed by atoms with Crippen molar-refractivity contribution >= 4 is 23.4 Å². The third-order valence-electron chi connectivity index (χ3n) is 4.14. The Kier molecular flexibility index (Phi) is 4.85. The van der Waals surface area contributed by atoms with Crippen LogP contribution in [-0.2, 0) is 11.3 Å². The lowest BCUT2D eigenvalue weighted by molar-refractivity contribution is -0.120. The summed E-state index contributed by atoms with van der Waals surface area (Å²) in [6.07, 6.45) is 5.12. The first-order valence-electron chi connectivity index (χ1n) is 7.86. The highest BCUT2D eigenvalue weighted by Gasteiger charge is 2.32. The van der Waals surface area contributed by atoms with Crippen molar-refractivity contribution < 1.29 is 9.59 Å². The van der Waals surface area contributed by atoms with Gasteiger partial charge in [0, 0.05) is 30.8 Å². The molecule has 1 aromatic carbocycles. The molecule has 0 spiro atoms. The lowest BCUT2D eigenvalue weighted by Gasteiger charge is -2.37. The zero-order valence-electron chi connectivity index (χ0n) is 13.3. The summed E-state index contributed by atoms with van der Waals surface area (Å²) < 4.78 is 1.74. The van der Waals surface area contributed by atoms with Gasteiger partial charge in [-0.25, -0.2) is 0 Å². The van der Waals surface area contributed by atoms with Gasteiger partial charge < -0.3 is 10.6 Å². The summed E-state index contributed by atoms with van der Waals surface area (Å²) in [6.45, 7) is 2.09. The van der Waals surface area contributed by atoms with Crippen molar-refractivity contribution in [2.24, 2.45) is 0 Å². The number of nitrogens with one attached hydrogen (secondary N) is 2. The number of aromatic nitrogens is 2. The largest absolute Gasteiger partial charge is 0.352 e. The van der Waals surface area contributed by atoms with Crippen LogP contribution in [0, 0.1) is 0 Å². The van der Waals surface area contributed by atoms with Crippen LogP contribution in [0.15, 0.2) is 36.7 Å². The maximum Gasteiger partial charge on any atom is 0.251 e. The number of hydrogen-bond donors (Lipinski definition) is 2. The first kappa shape index (κ1) is 16.5. The summed E-state index contributed by atoms with van der Waals surface area (Å²) in [5, 5.41) is 10.5. The minimum Gasteiger partial charge on any atom is -0.352 e. The molecular formula is C17H19ClN4O2. The number of amides is 2. The number of nitrogens with zero attached hydrogens (tertiary/aromatic N) is 2. The number of hydrogen-bond acceptors (Lipinski definition) is 3. The van der Waals surface area contributed by atoms with Gasteiger partial charge in [0.2, 0.25) is 5.91 Å². The third-order valence-corrected chi connectivity index (χ3v) is 4.34. The van der Waals surface area contributed by atoms with Gasteiger partial charge in [0.05, 0.1) is 17.8 Å². The number of carbonyl (C=O) groups excluding carboxylic acids is 2. The number of halogens is 1. The molecule has 2 atom stereocenters. The highest BCUT2D eigenvalue weighted by atomic mass is 35.5. The van der Waals surface area contributed by atoms with Crippen LogP contribution in [0.2, 0.25) is 5.02 Å². The van der Waals surface area contributed by atoms with Crippen molar-refractivity contribution in [3.8, 4) is 0 Å². The van der Waals surface area contributed by atoms with Crippen molar-refractivity contribution in [3.63, 3.8) is 0 Å². The van der Waals surface area contributed by atoms with Crippen LogP contribution in [0.4, 0.5) is 0 Å². The van der Waals surface area contributed by atoms with Gasteiger partial charge in [0.15, 0.2) is 0 Å². The predicted molar refractivity (Wildman–Crippen MR) is 90.9 cm³/mol. The average molecular weight is 347 g/mol. The van der Waals surface area contributed by atoms with Gasteiger partial charge in [-0.1, -0.05) is 23.7 Å². The SMILES string of the molecule is CC(=O)NC1CCC1NC(=O)c1ccc(Cn2cc(Cl)cn2)cc1. The summed E-state index contributed by atoms with van der Waals surface area (Å²) in [7, 11) is 0. The molecule has 0 radical (unpaired) electrons. The molecule has 2 N–H and O–H groups in total. The van der Waals surface area contributed by atoms with E-state index in [9.17, 15) is 9.59 Å². The summed E-state index contributed by atoms with van der Waals surface area (Å²) in [5.74, 6) is -0.189. The van der Waals surface area contributed by atoms with Crippen LogP contribution in [0.25, 0.3) is 0 Å². The fourth-order valence-corrected chi connectivity index (χ4v) is 2.89. The molecule has 126 valence electrons. The molecule has 1 aliphatic rings. The van der Waals surface area contributed by atoms with Crippen molar-refractivity contribution in [1.82, 2.24) is 20.4 Å². The van der Waals surface area contributed by atoms with E-state index >= 15 is 0 Å². The highest BCUT2D eigenvalue weighted by Crippen LogP contribution is 2.20. The van der Waals surface area contributed by atoms with E-state index in [0.717, 1.165) is 18.4 Å². The first-order chi connectivity index (χ1) is 11.5. The number of carbonyl (C=O) groups is 2. The Morgan fingerprint density at radius 1 is 1.21 bits per heavy atom. The van der Waals surface area contributed by atoms with E-state index in [0.29, 0.717) is 17.1 Å². The minimum atomic E-state index is -0.122. The van der Waals surface area contributed by atoms with Crippen LogP contribution < -0.4 is 10.6 Å². The lowest BCUT2D eigenvalue weighted by atomic mass is 9.86. The van der Waals surface area contributed by atoms with E-state index in [1.54, 1.807) is 29.2 Å². The van der Waals surface area contributed by atoms with Crippen molar-refractivity contribution in [2.75, 3.05) is 0 Å². The van der Waals surface area contributed by atoms with Crippen LogP contribution in [0.3, 0.4) is 0 Å². The van der Waals surface area contributed by atoms with Gasteiger partial charge >= 0.3 is 0 Å². The van der Waals surface area contributed by atoms with Crippen LogP contribution in [0.1, 0.15) is 35.7 Å². The lowest BCUT2D eigenvalue weighted by Crippen LogP contribution is -2.57. The van der Waals surface area contributed by atoms with Crippen LogP contribution in [-0.4, -0.2) is 33.7 Å². The second-order valence-electron chi connectivity index (χ2n) is 6.02. The topological polar surface area (TPSA) is 76.0 Å². The summed E-state index contributed by atoms with van der Waals surface area (Å²) in [5.41, 5.74) is 1.64. The highest BCUT2D eigenvalue weighted by molar-refractivity contribution is 6.30. The van der Waals surface area contributed by atoms with Crippen molar-refractivity contribution in [3.05, 3.63) is 52.8 Å². The Balaban J connectivity index is 1.57. The van der Waals surface area contributed by atoms with E-state index in [-0.39, 0.29) is 23.9 Å². The minimum absolute atomic E-state index is 0.00675. The zero-order valence-corrected chi connectivity index (χ0v) is 14.1. The van der Waals surface area contributed by atoms with E-state index in [4.69, 9.17) is 11.6 Å². The van der Waals surface area contributed by atoms with E-state index < -0.39 is 0 Å². The maximum absolute atomic E-state index is 12.3. The standard InChI is InChI=1S/C17H19ClN4O2/c1-11(23)20-15-6-7-16(15)21-17(24)13-4-2-12(3-5-13)9-22-10-14(18)8-19-22/h2-5,8,10,15-16H,6-7,9H2,1H3,(H,20,23)(H,21,24). The molecule has 0 aliphatic heterocycles. The fourth-order valence-electron chi connectivity index (χ4n) is 2.73. The number of rotatable bonds is 5.